The molecule has 0 saturated carbocycles. The number of aromatic amines is 1. The molecule has 0 radical (unpaired) electrons. The lowest BCUT2D eigenvalue weighted by Gasteiger charge is -1.94. The van der Waals surface area contributed by atoms with Gasteiger partial charge in [0.1, 0.15) is 5.69 Å². The molecule has 1 N–H and O–H groups in total. The number of aromatic nitrogens is 1. The highest BCUT2D eigenvalue weighted by atomic mass is 35.5. The molecule has 1 aromatic rings. The van der Waals surface area contributed by atoms with Crippen LogP contribution in [0.25, 0.3) is 0 Å². The highest BCUT2D eigenvalue weighted by molar-refractivity contribution is 6.67. The molecule has 0 aliphatic heterocycles. The summed E-state index contributed by atoms with van der Waals surface area (Å²) in [5, 5.41) is -0.562. The molecule has 4 heteroatoms. The third-order valence-corrected chi connectivity index (χ3v) is 2.18. The number of carbonyl (C=O) groups is 2. The van der Waals surface area contributed by atoms with Gasteiger partial charge in [-0.25, -0.2) is 0 Å². The number of rotatable bonds is 2. The summed E-state index contributed by atoms with van der Waals surface area (Å²) in [5.74, 6) is -0.0598. The van der Waals surface area contributed by atoms with Crippen LogP contribution in [0.1, 0.15) is 39.0 Å². The zero-order valence-corrected chi connectivity index (χ0v) is 8.45. The van der Waals surface area contributed by atoms with E-state index in [1.54, 1.807) is 13.8 Å². The first-order valence-electron chi connectivity index (χ1n) is 3.85. The number of ketones is 1. The average molecular weight is 200 g/mol. The average Bonchev–Trinajstić information content (AvgIpc) is 2.26. The maximum absolute atomic E-state index is 11.1. The van der Waals surface area contributed by atoms with Crippen molar-refractivity contribution < 1.29 is 9.59 Å². The van der Waals surface area contributed by atoms with Crippen molar-refractivity contribution in [1.29, 1.82) is 0 Å². The van der Waals surface area contributed by atoms with E-state index in [1.807, 2.05) is 0 Å². The second kappa shape index (κ2) is 3.34. The lowest BCUT2D eigenvalue weighted by atomic mass is 10.1. The van der Waals surface area contributed by atoms with Crippen molar-refractivity contribution in [2.75, 3.05) is 0 Å². The molecule has 0 aliphatic rings. The van der Waals surface area contributed by atoms with Crippen LogP contribution in [0, 0.1) is 13.8 Å². The topological polar surface area (TPSA) is 49.9 Å². The van der Waals surface area contributed by atoms with Gasteiger partial charge in [0.05, 0.1) is 0 Å². The van der Waals surface area contributed by atoms with Gasteiger partial charge in [-0.15, -0.1) is 0 Å². The summed E-state index contributed by atoms with van der Waals surface area (Å²) >= 11 is 5.32. The molecule has 0 amide bonds. The highest BCUT2D eigenvalue weighted by Crippen LogP contribution is 2.19. The first kappa shape index (κ1) is 9.99. The Morgan fingerprint density at radius 2 is 1.85 bits per heavy atom. The Labute approximate surface area is 81.1 Å². The number of carbonyl (C=O) groups excluding carboxylic acids is 2. The van der Waals surface area contributed by atoms with Gasteiger partial charge < -0.3 is 4.98 Å². The Kier molecular flexibility index (Phi) is 2.57. The largest absolute Gasteiger partial charge is 0.354 e. The molecule has 1 aromatic heterocycles. The summed E-state index contributed by atoms with van der Waals surface area (Å²) < 4.78 is 0. The van der Waals surface area contributed by atoms with Crippen LogP contribution in [0.3, 0.4) is 0 Å². The molecule has 0 saturated heterocycles. The summed E-state index contributed by atoms with van der Waals surface area (Å²) in [6.45, 7) is 4.91. The molecule has 0 aromatic carbocycles. The standard InChI is InChI=1S/C9H10ClNO2/c1-4-7(6(3)12)5(2)11-8(4)9(10)13/h11H,1-3H3. The highest BCUT2D eigenvalue weighted by Gasteiger charge is 2.17. The molecule has 1 rings (SSSR count). The van der Waals surface area contributed by atoms with Crippen LogP contribution in [-0.2, 0) is 0 Å². The second-order valence-electron chi connectivity index (χ2n) is 2.95. The molecule has 0 fully saturated rings. The number of hydrogen-bond donors (Lipinski definition) is 1. The number of Topliss-reactive ketones (excluding diaryl/α,β-unsaturated/α-hetero) is 1. The van der Waals surface area contributed by atoms with E-state index in [2.05, 4.69) is 4.98 Å². The normalized spacial score (nSPS) is 10.2. The molecule has 1 heterocycles. The monoisotopic (exact) mass is 199 g/mol. The SMILES string of the molecule is CC(=O)c1c(C)[nH]c(C(=O)Cl)c1C. The van der Waals surface area contributed by atoms with Crippen molar-refractivity contribution in [3.63, 3.8) is 0 Å². The van der Waals surface area contributed by atoms with Gasteiger partial charge in [-0.1, -0.05) is 0 Å². The van der Waals surface area contributed by atoms with Crippen molar-refractivity contribution in [3.05, 3.63) is 22.5 Å². The number of halogens is 1. The van der Waals surface area contributed by atoms with Crippen LogP contribution in [-0.4, -0.2) is 16.0 Å². The van der Waals surface area contributed by atoms with Crippen molar-refractivity contribution >= 4 is 22.6 Å². The maximum atomic E-state index is 11.1. The minimum absolute atomic E-state index is 0.0598. The molecule has 0 bridgehead atoms. The number of H-pyrrole nitrogens is 1. The van der Waals surface area contributed by atoms with E-state index in [9.17, 15) is 9.59 Å². The van der Waals surface area contributed by atoms with E-state index < -0.39 is 5.24 Å². The lowest BCUT2D eigenvalue weighted by molar-refractivity contribution is 0.101. The third kappa shape index (κ3) is 1.65. The van der Waals surface area contributed by atoms with Crippen LogP contribution in [0.15, 0.2) is 0 Å². The minimum Gasteiger partial charge on any atom is -0.354 e. The van der Waals surface area contributed by atoms with Gasteiger partial charge in [-0.3, -0.25) is 9.59 Å². The molecule has 13 heavy (non-hydrogen) atoms. The zero-order valence-electron chi connectivity index (χ0n) is 7.69. The Hall–Kier alpha value is -1.09. The summed E-state index contributed by atoms with van der Waals surface area (Å²) in [4.78, 5) is 24.8. The molecular weight excluding hydrogens is 190 g/mol. The zero-order chi connectivity index (χ0) is 10.2. The van der Waals surface area contributed by atoms with E-state index in [4.69, 9.17) is 11.6 Å². The van der Waals surface area contributed by atoms with Crippen LogP contribution in [0.4, 0.5) is 0 Å². The van der Waals surface area contributed by atoms with E-state index in [0.717, 1.165) is 0 Å². The van der Waals surface area contributed by atoms with Crippen molar-refractivity contribution in [1.82, 2.24) is 4.98 Å². The Bertz CT molecular complexity index is 379. The van der Waals surface area contributed by atoms with Gasteiger partial charge >= 0.3 is 0 Å². The summed E-state index contributed by atoms with van der Waals surface area (Å²) in [6, 6.07) is 0. The molecule has 0 unspecified atom stereocenters. The first-order chi connectivity index (χ1) is 5.95. The Balaban J connectivity index is 3.39. The van der Waals surface area contributed by atoms with Crippen LogP contribution >= 0.6 is 11.6 Å². The minimum atomic E-state index is -0.562. The molecule has 0 atom stereocenters. The quantitative estimate of drug-likeness (QED) is 0.587. The summed E-state index contributed by atoms with van der Waals surface area (Å²) in [6.07, 6.45) is 0. The van der Waals surface area contributed by atoms with Gasteiger partial charge in [0, 0.05) is 11.3 Å². The molecule has 70 valence electrons. The molecule has 0 aliphatic carbocycles. The van der Waals surface area contributed by atoms with Crippen LogP contribution < -0.4 is 0 Å². The summed E-state index contributed by atoms with van der Waals surface area (Å²) in [5.41, 5.74) is 2.19. The third-order valence-electron chi connectivity index (χ3n) is 1.99. The summed E-state index contributed by atoms with van der Waals surface area (Å²) in [7, 11) is 0. The number of aryl methyl sites for hydroxylation is 1. The molecule has 3 nitrogen and oxygen atoms in total. The number of hydrogen-bond acceptors (Lipinski definition) is 2. The van der Waals surface area contributed by atoms with E-state index in [1.165, 1.54) is 6.92 Å². The lowest BCUT2D eigenvalue weighted by Crippen LogP contribution is -1.96. The van der Waals surface area contributed by atoms with Gasteiger partial charge in [0.2, 0.25) is 0 Å². The fraction of sp³-hybridized carbons (Fsp3) is 0.333. The Morgan fingerprint density at radius 1 is 1.31 bits per heavy atom. The number of nitrogens with one attached hydrogen (secondary N) is 1. The smallest absolute Gasteiger partial charge is 0.268 e. The fourth-order valence-electron chi connectivity index (χ4n) is 1.47. The fourth-order valence-corrected chi connectivity index (χ4v) is 1.66. The predicted molar refractivity (Wildman–Crippen MR) is 50.5 cm³/mol. The van der Waals surface area contributed by atoms with Gasteiger partial charge in [-0.2, -0.15) is 0 Å². The Morgan fingerprint density at radius 3 is 2.08 bits per heavy atom. The molecule has 0 spiro atoms. The van der Waals surface area contributed by atoms with Crippen molar-refractivity contribution in [2.24, 2.45) is 0 Å². The van der Waals surface area contributed by atoms with Gasteiger partial charge in [0.15, 0.2) is 5.78 Å². The van der Waals surface area contributed by atoms with E-state index in [0.29, 0.717) is 22.5 Å². The van der Waals surface area contributed by atoms with E-state index >= 15 is 0 Å². The molecular formula is C9H10ClNO2. The maximum Gasteiger partial charge on any atom is 0.268 e. The van der Waals surface area contributed by atoms with Gasteiger partial charge in [0.25, 0.3) is 5.24 Å². The van der Waals surface area contributed by atoms with Crippen molar-refractivity contribution in [3.8, 4) is 0 Å². The van der Waals surface area contributed by atoms with Crippen LogP contribution in [0.2, 0.25) is 0 Å². The van der Waals surface area contributed by atoms with E-state index in [-0.39, 0.29) is 5.78 Å². The predicted octanol–water partition coefficient (Wildman–Crippen LogP) is 2.21. The first-order valence-corrected chi connectivity index (χ1v) is 4.23. The van der Waals surface area contributed by atoms with Crippen molar-refractivity contribution in [2.45, 2.75) is 20.8 Å². The van der Waals surface area contributed by atoms with Gasteiger partial charge in [-0.05, 0) is 37.9 Å². The van der Waals surface area contributed by atoms with Crippen LogP contribution in [0.5, 0.6) is 0 Å². The second-order valence-corrected chi connectivity index (χ2v) is 3.30.